The number of hydrogen-bond donors (Lipinski definition) is 4. The first-order chi connectivity index (χ1) is 26.6. The summed E-state index contributed by atoms with van der Waals surface area (Å²) in [6, 6.07) is -1.55. The summed E-state index contributed by atoms with van der Waals surface area (Å²) >= 11 is 0. The van der Waals surface area contributed by atoms with Crippen molar-refractivity contribution in [2.24, 2.45) is 0 Å². The molecule has 320 valence electrons. The molecule has 4 N–H and O–H groups in total. The molecule has 55 heavy (non-hydrogen) atoms. The lowest BCUT2D eigenvalue weighted by Gasteiger charge is -2.18. The first kappa shape index (κ1) is 52.7. The lowest BCUT2D eigenvalue weighted by atomic mass is 10.1. The van der Waals surface area contributed by atoms with Gasteiger partial charge in [-0.1, -0.05) is 147 Å². The number of nitrogens with one attached hydrogen (secondary N) is 1. The van der Waals surface area contributed by atoms with Crippen molar-refractivity contribution in [3.05, 3.63) is 36.5 Å². The van der Waals surface area contributed by atoms with Crippen molar-refractivity contribution in [2.45, 2.75) is 199 Å². The molecule has 0 heterocycles. The van der Waals surface area contributed by atoms with Crippen LogP contribution >= 0.6 is 7.82 Å². The van der Waals surface area contributed by atoms with Gasteiger partial charge in [0, 0.05) is 12.8 Å². The van der Waals surface area contributed by atoms with Crippen LogP contribution in [0.1, 0.15) is 187 Å². The van der Waals surface area contributed by atoms with Crippen molar-refractivity contribution >= 4 is 25.7 Å². The summed E-state index contributed by atoms with van der Waals surface area (Å²) in [6.45, 7) is 2.53. The third-order valence-corrected chi connectivity index (χ3v) is 10.1. The predicted molar refractivity (Wildman–Crippen MR) is 222 cm³/mol. The third kappa shape index (κ3) is 38.4. The molecule has 0 aliphatic carbocycles. The number of phosphoric ester groups is 1. The number of aliphatic carboxylic acids is 1. The highest BCUT2D eigenvalue weighted by atomic mass is 31.2. The molecular weight excluding hydrogens is 721 g/mol. The van der Waals surface area contributed by atoms with E-state index in [1.807, 2.05) is 0 Å². The first-order valence-electron chi connectivity index (χ1n) is 21.5. The number of carboxylic acids is 1. The molecule has 0 saturated carbocycles. The second-order valence-corrected chi connectivity index (χ2v) is 16.0. The number of amides is 1. The number of unbranched alkanes of at least 4 members (excludes halogenated alkanes) is 20. The van der Waals surface area contributed by atoms with Crippen LogP contribution in [0.15, 0.2) is 36.5 Å². The van der Waals surface area contributed by atoms with Gasteiger partial charge in [0.25, 0.3) is 0 Å². The van der Waals surface area contributed by atoms with Crippen LogP contribution in [0.5, 0.6) is 0 Å². The van der Waals surface area contributed by atoms with E-state index in [0.717, 1.165) is 70.6 Å². The summed E-state index contributed by atoms with van der Waals surface area (Å²) in [5.41, 5.74) is 0. The van der Waals surface area contributed by atoms with Gasteiger partial charge in [-0.25, -0.2) is 9.36 Å². The molecule has 0 aromatic carbocycles. The van der Waals surface area contributed by atoms with Gasteiger partial charge in [-0.3, -0.25) is 18.6 Å². The fourth-order valence-electron chi connectivity index (χ4n) is 5.74. The lowest BCUT2D eigenvalue weighted by Crippen LogP contribution is -2.43. The number of carboxylic acid groups (broad SMARTS) is 1. The Balaban J connectivity index is 3.92. The number of phosphoric acid groups is 1. The zero-order valence-electron chi connectivity index (χ0n) is 34.5. The minimum Gasteiger partial charge on any atom is -0.480 e. The van der Waals surface area contributed by atoms with Crippen LogP contribution in [-0.4, -0.2) is 64.9 Å². The van der Waals surface area contributed by atoms with Gasteiger partial charge in [0.05, 0.1) is 13.2 Å². The Hall–Kier alpha value is -2.30. The maximum absolute atomic E-state index is 12.3. The van der Waals surface area contributed by atoms with E-state index in [4.69, 9.17) is 13.8 Å². The number of carbonyl (C=O) groups is 3. The number of esters is 1. The smallest absolute Gasteiger partial charge is 0.472 e. The largest absolute Gasteiger partial charge is 0.480 e. The highest BCUT2D eigenvalue weighted by Crippen LogP contribution is 2.43. The SMILES string of the molecule is CCCC/C=C\C/C=C\CCCCCCCC(=O)NC(COP(=O)(O)OCC(O)COC(=O)CCCCCCCCC/C=C\CCCCCCCC)C(=O)O. The van der Waals surface area contributed by atoms with Crippen molar-refractivity contribution in [3.8, 4) is 0 Å². The Morgan fingerprint density at radius 3 is 1.55 bits per heavy atom. The van der Waals surface area contributed by atoms with Gasteiger partial charge in [-0.15, -0.1) is 0 Å². The molecule has 1 amide bonds. The molecule has 0 aromatic rings. The Morgan fingerprint density at radius 2 is 1.02 bits per heavy atom. The van der Waals surface area contributed by atoms with Crippen LogP contribution in [0.3, 0.4) is 0 Å². The highest BCUT2D eigenvalue weighted by Gasteiger charge is 2.28. The molecular formula is C43H78NO10P. The molecule has 0 aromatic heterocycles. The molecule has 0 spiro atoms. The number of rotatable bonds is 40. The maximum atomic E-state index is 12.3. The minimum atomic E-state index is -4.76. The van der Waals surface area contributed by atoms with Crippen molar-refractivity contribution in [2.75, 3.05) is 19.8 Å². The molecule has 0 saturated heterocycles. The molecule has 0 radical (unpaired) electrons. The molecule has 3 atom stereocenters. The van der Waals surface area contributed by atoms with Crippen LogP contribution in [0, 0.1) is 0 Å². The predicted octanol–water partition coefficient (Wildman–Crippen LogP) is 10.8. The summed E-state index contributed by atoms with van der Waals surface area (Å²) < 4.78 is 26.8. The Kier molecular flexibility index (Phi) is 37.0. The van der Waals surface area contributed by atoms with Crippen molar-refractivity contribution in [1.82, 2.24) is 5.32 Å². The second kappa shape index (κ2) is 38.6. The quantitative estimate of drug-likeness (QED) is 0.0202. The van der Waals surface area contributed by atoms with E-state index in [2.05, 4.69) is 55.6 Å². The normalized spacial score (nSPS) is 14.1. The van der Waals surface area contributed by atoms with Gasteiger partial charge in [-0.05, 0) is 64.2 Å². The number of aliphatic hydroxyl groups excluding tert-OH is 1. The summed E-state index contributed by atoms with van der Waals surface area (Å²) in [6.07, 6.45) is 40.2. The van der Waals surface area contributed by atoms with Gasteiger partial charge in [-0.2, -0.15) is 0 Å². The monoisotopic (exact) mass is 800 g/mol. The Morgan fingerprint density at radius 1 is 0.582 bits per heavy atom. The Bertz CT molecular complexity index is 1080. The Labute approximate surface area is 333 Å². The number of carbonyl (C=O) groups excluding carboxylic acids is 2. The number of allylic oxidation sites excluding steroid dienone is 6. The van der Waals surface area contributed by atoms with E-state index in [-0.39, 0.29) is 12.8 Å². The molecule has 0 aliphatic heterocycles. The number of hydrogen-bond acceptors (Lipinski definition) is 8. The van der Waals surface area contributed by atoms with Crippen molar-refractivity contribution < 1.29 is 47.8 Å². The fraction of sp³-hybridized carbons (Fsp3) is 0.791. The zero-order chi connectivity index (χ0) is 40.7. The average molecular weight is 800 g/mol. The van der Waals surface area contributed by atoms with Crippen molar-refractivity contribution in [3.63, 3.8) is 0 Å². The molecule has 11 nitrogen and oxygen atoms in total. The van der Waals surface area contributed by atoms with E-state index in [1.165, 1.54) is 77.0 Å². The summed E-state index contributed by atoms with van der Waals surface area (Å²) in [5, 5.41) is 21.8. The molecule has 0 bridgehead atoms. The van der Waals surface area contributed by atoms with E-state index < -0.39 is 57.6 Å². The van der Waals surface area contributed by atoms with Gasteiger partial charge in [0.1, 0.15) is 12.7 Å². The third-order valence-electron chi connectivity index (χ3n) is 9.15. The van der Waals surface area contributed by atoms with E-state index in [9.17, 15) is 34.1 Å². The topological polar surface area (TPSA) is 169 Å². The second-order valence-electron chi connectivity index (χ2n) is 14.5. The molecule has 0 rings (SSSR count). The van der Waals surface area contributed by atoms with Crippen LogP contribution in [-0.2, 0) is 32.7 Å². The molecule has 3 unspecified atom stereocenters. The molecule has 12 heteroatoms. The van der Waals surface area contributed by atoms with Crippen molar-refractivity contribution in [1.29, 1.82) is 0 Å². The van der Waals surface area contributed by atoms with Gasteiger partial charge >= 0.3 is 19.8 Å². The van der Waals surface area contributed by atoms with Crippen LogP contribution in [0.2, 0.25) is 0 Å². The van der Waals surface area contributed by atoms with E-state index >= 15 is 0 Å². The summed E-state index contributed by atoms with van der Waals surface area (Å²) in [4.78, 5) is 45.8. The molecule has 0 aliphatic rings. The van der Waals surface area contributed by atoms with Gasteiger partial charge in [0.2, 0.25) is 5.91 Å². The zero-order valence-corrected chi connectivity index (χ0v) is 35.4. The fourth-order valence-corrected chi connectivity index (χ4v) is 6.51. The minimum absolute atomic E-state index is 0.129. The summed E-state index contributed by atoms with van der Waals surface area (Å²) in [7, 11) is -4.76. The molecule has 0 fully saturated rings. The maximum Gasteiger partial charge on any atom is 0.472 e. The standard InChI is InChI=1S/C43H78NO10P/c1-3-5-7-9-11-13-15-17-19-20-21-23-25-27-29-31-33-35-42(47)52-36-39(45)37-53-55(50,51)54-38-40(43(48)49)44-41(46)34-32-30-28-26-24-22-18-16-14-12-10-8-6-4-2/h10,12,16-19,39-40,45H,3-9,11,13-15,20-38H2,1-2H3,(H,44,46)(H,48,49)(H,50,51)/b12-10-,18-16-,19-17-. The lowest BCUT2D eigenvalue weighted by molar-refractivity contribution is -0.147. The average Bonchev–Trinajstić information content (AvgIpc) is 3.16. The highest BCUT2D eigenvalue weighted by molar-refractivity contribution is 7.47. The summed E-state index contributed by atoms with van der Waals surface area (Å²) in [5.74, 6) is -2.40. The van der Waals surface area contributed by atoms with Crippen LogP contribution in [0.4, 0.5) is 0 Å². The van der Waals surface area contributed by atoms with Crippen LogP contribution < -0.4 is 5.32 Å². The first-order valence-corrected chi connectivity index (χ1v) is 23.0. The van der Waals surface area contributed by atoms with Crippen LogP contribution in [0.25, 0.3) is 0 Å². The van der Waals surface area contributed by atoms with Gasteiger partial charge in [0.15, 0.2) is 6.04 Å². The van der Waals surface area contributed by atoms with Gasteiger partial charge < -0.3 is 25.2 Å². The number of ether oxygens (including phenoxy) is 1. The number of aliphatic hydroxyl groups is 1. The van der Waals surface area contributed by atoms with E-state index in [1.54, 1.807) is 0 Å². The van der Waals surface area contributed by atoms with E-state index in [0.29, 0.717) is 12.8 Å².